The first-order chi connectivity index (χ1) is 11.8. The lowest BCUT2D eigenvalue weighted by Gasteiger charge is -2.37. The van der Waals surface area contributed by atoms with Crippen molar-refractivity contribution < 1.29 is 9.59 Å². The number of anilines is 1. The van der Waals surface area contributed by atoms with E-state index >= 15 is 0 Å². The van der Waals surface area contributed by atoms with E-state index < -0.39 is 0 Å². The summed E-state index contributed by atoms with van der Waals surface area (Å²) >= 11 is 5.86. The van der Waals surface area contributed by atoms with Crippen molar-refractivity contribution >= 4 is 29.1 Å². The van der Waals surface area contributed by atoms with Gasteiger partial charge < -0.3 is 10.6 Å². The number of amides is 2. The van der Waals surface area contributed by atoms with Crippen LogP contribution in [-0.4, -0.2) is 66.4 Å². The van der Waals surface area contributed by atoms with Crippen molar-refractivity contribution in [1.29, 1.82) is 0 Å². The molecule has 1 aromatic rings. The van der Waals surface area contributed by atoms with Gasteiger partial charge in [0, 0.05) is 42.9 Å². The van der Waals surface area contributed by atoms with E-state index in [0.29, 0.717) is 11.6 Å². The van der Waals surface area contributed by atoms with Crippen LogP contribution in [0.5, 0.6) is 0 Å². The lowest BCUT2D eigenvalue weighted by atomic mass is 10.2. The lowest BCUT2D eigenvalue weighted by molar-refractivity contribution is -0.125. The Morgan fingerprint density at radius 2 is 1.68 bits per heavy atom. The molecule has 0 radical (unpaired) electrons. The number of carbonyl (C=O) groups excluding carboxylic acids is 2. The van der Waals surface area contributed by atoms with Gasteiger partial charge in [0.05, 0.1) is 12.6 Å². The molecule has 2 rings (SSSR count). The molecule has 1 saturated heterocycles. The van der Waals surface area contributed by atoms with E-state index in [-0.39, 0.29) is 23.9 Å². The average Bonchev–Trinajstić information content (AvgIpc) is 2.56. The van der Waals surface area contributed by atoms with E-state index in [2.05, 4.69) is 20.4 Å². The summed E-state index contributed by atoms with van der Waals surface area (Å²) in [6.07, 6.45) is 0. The van der Waals surface area contributed by atoms with Crippen LogP contribution in [0.15, 0.2) is 24.3 Å². The maximum atomic E-state index is 12.4. The molecule has 0 spiro atoms. The number of carbonyl (C=O) groups is 2. The monoisotopic (exact) mass is 366 g/mol. The highest BCUT2D eigenvalue weighted by Crippen LogP contribution is 2.15. The average molecular weight is 367 g/mol. The van der Waals surface area contributed by atoms with Crippen LogP contribution in [0, 0.1) is 0 Å². The van der Waals surface area contributed by atoms with E-state index in [1.165, 1.54) is 0 Å². The van der Waals surface area contributed by atoms with Crippen LogP contribution in [-0.2, 0) is 9.59 Å². The number of nitrogens with zero attached hydrogens (tertiary/aromatic N) is 2. The lowest BCUT2D eigenvalue weighted by Crippen LogP contribution is -2.54. The minimum atomic E-state index is -0.220. The maximum Gasteiger partial charge on any atom is 0.241 e. The first-order valence-corrected chi connectivity index (χ1v) is 9.05. The summed E-state index contributed by atoms with van der Waals surface area (Å²) in [5, 5.41) is 6.46. The molecule has 138 valence electrons. The summed E-state index contributed by atoms with van der Waals surface area (Å²) in [6, 6.07) is 7.02. The fourth-order valence-electron chi connectivity index (χ4n) is 2.83. The zero-order valence-electron chi connectivity index (χ0n) is 15.1. The molecule has 1 fully saturated rings. The maximum absolute atomic E-state index is 12.4. The minimum absolute atomic E-state index is 0.0340. The molecule has 0 unspecified atom stereocenters. The number of nitrogens with one attached hydrogen (secondary N) is 2. The number of hydrogen-bond donors (Lipinski definition) is 2. The quantitative estimate of drug-likeness (QED) is 0.806. The molecule has 0 saturated carbocycles. The summed E-state index contributed by atoms with van der Waals surface area (Å²) in [7, 11) is 0. The molecular weight excluding hydrogens is 340 g/mol. The van der Waals surface area contributed by atoms with Crippen LogP contribution < -0.4 is 10.6 Å². The van der Waals surface area contributed by atoms with Crippen molar-refractivity contribution in [2.75, 3.05) is 38.0 Å². The summed E-state index contributed by atoms with van der Waals surface area (Å²) in [6.45, 7) is 9.33. The molecular formula is C18H27ClN4O2. The number of piperazine rings is 1. The van der Waals surface area contributed by atoms with Crippen molar-refractivity contribution in [2.24, 2.45) is 0 Å². The van der Waals surface area contributed by atoms with Gasteiger partial charge in [0.1, 0.15) is 0 Å². The van der Waals surface area contributed by atoms with Crippen molar-refractivity contribution in [2.45, 2.75) is 32.9 Å². The Hall–Kier alpha value is -1.63. The molecule has 6 nitrogen and oxygen atoms in total. The van der Waals surface area contributed by atoms with E-state index in [9.17, 15) is 9.59 Å². The van der Waals surface area contributed by atoms with Crippen LogP contribution in [0.1, 0.15) is 20.8 Å². The van der Waals surface area contributed by atoms with Gasteiger partial charge in [-0.05, 0) is 45.0 Å². The zero-order chi connectivity index (χ0) is 18.4. The predicted octanol–water partition coefficient (Wildman–Crippen LogP) is 1.81. The van der Waals surface area contributed by atoms with Gasteiger partial charge in [-0.15, -0.1) is 0 Å². The third-order valence-corrected chi connectivity index (χ3v) is 4.51. The number of hydrogen-bond acceptors (Lipinski definition) is 4. The van der Waals surface area contributed by atoms with Crippen LogP contribution in [0.2, 0.25) is 5.02 Å². The molecule has 7 heteroatoms. The van der Waals surface area contributed by atoms with Crippen LogP contribution >= 0.6 is 11.6 Å². The Morgan fingerprint density at radius 1 is 1.08 bits per heavy atom. The van der Waals surface area contributed by atoms with E-state index in [4.69, 9.17) is 11.6 Å². The molecule has 1 heterocycles. The normalized spacial score (nSPS) is 17.3. The summed E-state index contributed by atoms with van der Waals surface area (Å²) < 4.78 is 0. The van der Waals surface area contributed by atoms with Gasteiger partial charge in [-0.2, -0.15) is 0 Å². The fourth-order valence-corrected chi connectivity index (χ4v) is 2.95. The van der Waals surface area contributed by atoms with E-state index in [1.54, 1.807) is 24.3 Å². The summed E-state index contributed by atoms with van der Waals surface area (Å²) in [4.78, 5) is 28.5. The van der Waals surface area contributed by atoms with Crippen molar-refractivity contribution in [3.63, 3.8) is 0 Å². The van der Waals surface area contributed by atoms with Crippen molar-refractivity contribution in [3.8, 4) is 0 Å². The second-order valence-electron chi connectivity index (χ2n) is 6.71. The van der Waals surface area contributed by atoms with Gasteiger partial charge in [0.15, 0.2) is 0 Å². The van der Waals surface area contributed by atoms with Gasteiger partial charge >= 0.3 is 0 Å². The number of rotatable bonds is 6. The molecule has 1 aromatic carbocycles. The summed E-state index contributed by atoms with van der Waals surface area (Å²) in [5.74, 6) is 0.0188. The number of benzene rings is 1. The van der Waals surface area contributed by atoms with Crippen LogP contribution in [0.3, 0.4) is 0 Å². The summed E-state index contributed by atoms with van der Waals surface area (Å²) in [5.41, 5.74) is 0.741. The van der Waals surface area contributed by atoms with Gasteiger partial charge in [0.2, 0.25) is 11.8 Å². The van der Waals surface area contributed by atoms with Gasteiger partial charge in [-0.3, -0.25) is 19.4 Å². The molecule has 1 aliphatic rings. The Kier molecular flexibility index (Phi) is 7.23. The molecule has 2 amide bonds. The Morgan fingerprint density at radius 3 is 2.24 bits per heavy atom. The largest absolute Gasteiger partial charge is 0.353 e. The highest BCUT2D eigenvalue weighted by molar-refractivity contribution is 6.30. The smallest absolute Gasteiger partial charge is 0.241 e. The van der Waals surface area contributed by atoms with Gasteiger partial charge in [0.25, 0.3) is 0 Å². The van der Waals surface area contributed by atoms with Crippen molar-refractivity contribution in [1.82, 2.24) is 15.1 Å². The fraction of sp³-hybridized carbons (Fsp3) is 0.556. The molecule has 2 N–H and O–H groups in total. The zero-order valence-corrected chi connectivity index (χ0v) is 15.8. The Balaban J connectivity index is 1.78. The Bertz CT molecular complexity index is 583. The third kappa shape index (κ3) is 6.30. The highest BCUT2D eigenvalue weighted by Gasteiger charge is 2.26. The second-order valence-corrected chi connectivity index (χ2v) is 7.14. The molecule has 0 bridgehead atoms. The minimum Gasteiger partial charge on any atom is -0.353 e. The third-order valence-electron chi connectivity index (χ3n) is 4.26. The van der Waals surface area contributed by atoms with E-state index in [0.717, 1.165) is 31.9 Å². The van der Waals surface area contributed by atoms with Crippen molar-refractivity contribution in [3.05, 3.63) is 29.3 Å². The SMILES string of the molecule is CC(C)NC(=O)CN1CCN([C@@H](C)C(=O)Nc2ccc(Cl)cc2)CC1. The molecule has 1 atom stereocenters. The number of halogens is 1. The Labute approximate surface area is 154 Å². The standard InChI is InChI=1S/C18H27ClN4O2/c1-13(2)20-17(24)12-22-8-10-23(11-9-22)14(3)18(25)21-16-6-4-15(19)5-7-16/h4-7,13-14H,8-12H2,1-3H3,(H,20,24)(H,21,25)/t14-/m0/s1. The first kappa shape index (κ1) is 19.7. The highest BCUT2D eigenvalue weighted by atomic mass is 35.5. The predicted molar refractivity (Wildman–Crippen MR) is 101 cm³/mol. The molecule has 0 aromatic heterocycles. The molecule has 1 aliphatic heterocycles. The van der Waals surface area contributed by atoms with Gasteiger partial charge in [-0.25, -0.2) is 0 Å². The van der Waals surface area contributed by atoms with Crippen LogP contribution in [0.25, 0.3) is 0 Å². The first-order valence-electron chi connectivity index (χ1n) is 8.67. The topological polar surface area (TPSA) is 64.7 Å². The van der Waals surface area contributed by atoms with E-state index in [1.807, 2.05) is 20.8 Å². The van der Waals surface area contributed by atoms with Gasteiger partial charge in [-0.1, -0.05) is 11.6 Å². The second kappa shape index (κ2) is 9.17. The van der Waals surface area contributed by atoms with Crippen LogP contribution in [0.4, 0.5) is 5.69 Å². The molecule has 0 aliphatic carbocycles. The molecule has 25 heavy (non-hydrogen) atoms.